The summed E-state index contributed by atoms with van der Waals surface area (Å²) in [6.45, 7) is 2.11. The average Bonchev–Trinajstić information content (AvgIpc) is 2.51. The second-order valence-corrected chi connectivity index (χ2v) is 5.80. The van der Waals surface area contributed by atoms with E-state index < -0.39 is 5.25 Å². The van der Waals surface area contributed by atoms with Gasteiger partial charge >= 0.3 is 5.97 Å². The Hall–Kier alpha value is -2.00. The van der Waals surface area contributed by atoms with E-state index in [4.69, 9.17) is 10.00 Å². The molecule has 1 rings (SSSR count). The van der Waals surface area contributed by atoms with Gasteiger partial charge in [0.05, 0.1) is 25.2 Å². The molecule has 0 saturated carbocycles. The Morgan fingerprint density at radius 3 is 2.71 bits per heavy atom. The standard InChI is InChI=1S/C15H18N2O3S/c1-11(15(19)20-3)21-13-8-5-4-7-12(13)14(18)17(2)10-6-9-16/h4-5,7-8,11H,6,10H2,1-3H3. The molecule has 21 heavy (non-hydrogen) atoms. The van der Waals surface area contributed by atoms with E-state index in [9.17, 15) is 9.59 Å². The van der Waals surface area contributed by atoms with E-state index in [-0.39, 0.29) is 18.3 Å². The van der Waals surface area contributed by atoms with Crippen LogP contribution < -0.4 is 0 Å². The molecule has 1 unspecified atom stereocenters. The summed E-state index contributed by atoms with van der Waals surface area (Å²) in [4.78, 5) is 26.1. The van der Waals surface area contributed by atoms with Gasteiger partial charge in [-0.3, -0.25) is 9.59 Å². The van der Waals surface area contributed by atoms with Gasteiger partial charge in [-0.05, 0) is 19.1 Å². The minimum absolute atomic E-state index is 0.162. The molecule has 0 N–H and O–H groups in total. The van der Waals surface area contributed by atoms with Crippen LogP contribution in [0.4, 0.5) is 0 Å². The Morgan fingerprint density at radius 2 is 2.10 bits per heavy atom. The Morgan fingerprint density at radius 1 is 1.43 bits per heavy atom. The van der Waals surface area contributed by atoms with Crippen molar-refractivity contribution in [1.82, 2.24) is 4.90 Å². The van der Waals surface area contributed by atoms with Crippen LogP contribution in [0, 0.1) is 11.3 Å². The lowest BCUT2D eigenvalue weighted by atomic mass is 10.2. The summed E-state index contributed by atoms with van der Waals surface area (Å²) in [5.41, 5.74) is 0.527. The van der Waals surface area contributed by atoms with Gasteiger partial charge < -0.3 is 9.64 Å². The molecule has 1 amide bonds. The van der Waals surface area contributed by atoms with Crippen molar-refractivity contribution in [3.8, 4) is 6.07 Å². The molecule has 112 valence electrons. The summed E-state index contributed by atoms with van der Waals surface area (Å²) in [5.74, 6) is -0.495. The van der Waals surface area contributed by atoms with Crippen LogP contribution in [0.2, 0.25) is 0 Å². The van der Waals surface area contributed by atoms with Gasteiger partial charge in [-0.1, -0.05) is 12.1 Å². The van der Waals surface area contributed by atoms with Gasteiger partial charge in [0.1, 0.15) is 5.25 Å². The fraction of sp³-hybridized carbons (Fsp3) is 0.400. The summed E-state index contributed by atoms with van der Waals surface area (Å²) < 4.78 is 4.69. The topological polar surface area (TPSA) is 70.4 Å². The Labute approximate surface area is 128 Å². The number of carbonyl (C=O) groups is 2. The van der Waals surface area contributed by atoms with E-state index in [2.05, 4.69) is 0 Å². The van der Waals surface area contributed by atoms with E-state index in [0.29, 0.717) is 12.1 Å². The number of methoxy groups -OCH3 is 1. The van der Waals surface area contributed by atoms with Crippen molar-refractivity contribution in [1.29, 1.82) is 5.26 Å². The van der Waals surface area contributed by atoms with E-state index in [1.165, 1.54) is 23.8 Å². The first-order valence-electron chi connectivity index (χ1n) is 6.47. The molecule has 0 aliphatic heterocycles. The van der Waals surface area contributed by atoms with Crippen molar-refractivity contribution in [2.24, 2.45) is 0 Å². The molecule has 0 aromatic heterocycles. The predicted octanol–water partition coefficient (Wildman–Crippen LogP) is 2.33. The lowest BCUT2D eigenvalue weighted by molar-refractivity contribution is -0.139. The minimum atomic E-state index is -0.395. The van der Waals surface area contributed by atoms with Gasteiger partial charge in [0.15, 0.2) is 0 Å². The molecule has 1 aromatic rings. The fourth-order valence-electron chi connectivity index (χ4n) is 1.68. The molecule has 0 bridgehead atoms. The lowest BCUT2D eigenvalue weighted by Crippen LogP contribution is -2.28. The summed E-state index contributed by atoms with van der Waals surface area (Å²) in [7, 11) is 3.00. The molecule has 0 fully saturated rings. The molecule has 6 heteroatoms. The van der Waals surface area contributed by atoms with Gasteiger partial charge in [0.25, 0.3) is 5.91 Å². The largest absolute Gasteiger partial charge is 0.468 e. The third-order valence-electron chi connectivity index (χ3n) is 2.86. The van der Waals surface area contributed by atoms with Crippen LogP contribution in [0.15, 0.2) is 29.2 Å². The maximum Gasteiger partial charge on any atom is 0.318 e. The summed E-state index contributed by atoms with van der Waals surface area (Å²) >= 11 is 1.29. The number of hydrogen-bond donors (Lipinski definition) is 0. The van der Waals surface area contributed by atoms with Gasteiger partial charge in [-0.15, -0.1) is 11.8 Å². The zero-order chi connectivity index (χ0) is 15.8. The molecule has 0 spiro atoms. The number of rotatable bonds is 6. The van der Waals surface area contributed by atoms with Crippen molar-refractivity contribution in [2.45, 2.75) is 23.5 Å². The maximum absolute atomic E-state index is 12.4. The van der Waals surface area contributed by atoms with Crippen LogP contribution >= 0.6 is 11.8 Å². The highest BCUT2D eigenvalue weighted by Crippen LogP contribution is 2.28. The van der Waals surface area contributed by atoms with Crippen molar-refractivity contribution >= 4 is 23.6 Å². The van der Waals surface area contributed by atoms with Crippen molar-refractivity contribution in [3.05, 3.63) is 29.8 Å². The molecule has 0 aliphatic carbocycles. The second-order valence-electron chi connectivity index (χ2n) is 4.41. The van der Waals surface area contributed by atoms with Crippen LogP contribution in [0.25, 0.3) is 0 Å². The molecular weight excluding hydrogens is 288 g/mol. The smallest absolute Gasteiger partial charge is 0.318 e. The summed E-state index contributed by atoms with van der Waals surface area (Å²) in [6, 6.07) is 9.13. The summed E-state index contributed by atoms with van der Waals surface area (Å²) in [5, 5.41) is 8.19. The maximum atomic E-state index is 12.4. The van der Waals surface area contributed by atoms with Crippen LogP contribution in [0.5, 0.6) is 0 Å². The number of amides is 1. The number of benzene rings is 1. The third-order valence-corrected chi connectivity index (χ3v) is 4.02. The number of nitrogens with zero attached hydrogens (tertiary/aromatic N) is 2. The molecule has 5 nitrogen and oxygen atoms in total. The summed E-state index contributed by atoms with van der Waals surface area (Å²) in [6.07, 6.45) is 0.288. The first-order valence-corrected chi connectivity index (χ1v) is 7.35. The Kier molecular flexibility index (Phi) is 6.76. The predicted molar refractivity (Wildman–Crippen MR) is 81.0 cm³/mol. The number of hydrogen-bond acceptors (Lipinski definition) is 5. The molecule has 0 heterocycles. The third kappa shape index (κ3) is 4.80. The van der Waals surface area contributed by atoms with E-state index in [1.807, 2.05) is 12.1 Å². The average molecular weight is 306 g/mol. The van der Waals surface area contributed by atoms with Gasteiger partial charge in [0, 0.05) is 18.5 Å². The highest BCUT2D eigenvalue weighted by molar-refractivity contribution is 8.00. The highest BCUT2D eigenvalue weighted by atomic mass is 32.2. The fourth-order valence-corrected chi connectivity index (χ4v) is 2.69. The lowest BCUT2D eigenvalue weighted by Gasteiger charge is -2.18. The molecular formula is C15H18N2O3S. The van der Waals surface area contributed by atoms with Crippen LogP contribution in [0.3, 0.4) is 0 Å². The first-order chi connectivity index (χ1) is 10.0. The molecule has 0 aliphatic rings. The van der Waals surface area contributed by atoms with Crippen LogP contribution in [0.1, 0.15) is 23.7 Å². The van der Waals surface area contributed by atoms with Gasteiger partial charge in [0.2, 0.25) is 0 Å². The van der Waals surface area contributed by atoms with Gasteiger partial charge in [-0.25, -0.2) is 0 Å². The molecule has 0 saturated heterocycles. The zero-order valence-corrected chi connectivity index (χ0v) is 13.1. The highest BCUT2D eigenvalue weighted by Gasteiger charge is 2.20. The second kappa shape index (κ2) is 8.32. The van der Waals surface area contributed by atoms with E-state index in [1.54, 1.807) is 32.2 Å². The number of ether oxygens (including phenoxy) is 1. The quantitative estimate of drug-likeness (QED) is 0.596. The van der Waals surface area contributed by atoms with E-state index >= 15 is 0 Å². The number of carbonyl (C=O) groups excluding carboxylic acids is 2. The first kappa shape index (κ1) is 17.1. The minimum Gasteiger partial charge on any atom is -0.468 e. The van der Waals surface area contributed by atoms with Crippen LogP contribution in [-0.2, 0) is 9.53 Å². The van der Waals surface area contributed by atoms with Crippen molar-refractivity contribution < 1.29 is 14.3 Å². The molecule has 1 atom stereocenters. The van der Waals surface area contributed by atoms with Crippen molar-refractivity contribution in [2.75, 3.05) is 20.7 Å². The monoisotopic (exact) mass is 306 g/mol. The number of esters is 1. The number of nitriles is 1. The Balaban J connectivity index is 2.91. The molecule has 0 radical (unpaired) electrons. The molecule has 1 aromatic carbocycles. The van der Waals surface area contributed by atoms with Crippen LogP contribution in [-0.4, -0.2) is 42.7 Å². The zero-order valence-electron chi connectivity index (χ0n) is 12.3. The van der Waals surface area contributed by atoms with Crippen molar-refractivity contribution in [3.63, 3.8) is 0 Å². The van der Waals surface area contributed by atoms with E-state index in [0.717, 1.165) is 4.90 Å². The Bertz CT molecular complexity index is 554. The normalized spacial score (nSPS) is 11.3. The van der Waals surface area contributed by atoms with Gasteiger partial charge in [-0.2, -0.15) is 5.26 Å². The SMILES string of the molecule is COC(=O)C(C)Sc1ccccc1C(=O)N(C)CCC#N. The number of thioether (sulfide) groups is 1.